The van der Waals surface area contributed by atoms with Gasteiger partial charge in [0.2, 0.25) is 5.91 Å². The Hall–Kier alpha value is -4.38. The van der Waals surface area contributed by atoms with Crippen LogP contribution in [0.3, 0.4) is 0 Å². The van der Waals surface area contributed by atoms with Gasteiger partial charge in [-0.3, -0.25) is 14.4 Å². The molecule has 1 aliphatic rings. The number of nitrogens with one attached hydrogen (secondary N) is 3. The summed E-state index contributed by atoms with van der Waals surface area (Å²) in [7, 11) is 0. The Morgan fingerprint density at radius 2 is 1.45 bits per heavy atom. The smallest absolute Gasteiger partial charge is 0.378 e. The van der Waals surface area contributed by atoms with Gasteiger partial charge in [-0.15, -0.1) is 0 Å². The van der Waals surface area contributed by atoms with Crippen molar-refractivity contribution in [2.75, 3.05) is 48.8 Å². The van der Waals surface area contributed by atoms with Crippen LogP contribution in [0.25, 0.3) is 0 Å². The van der Waals surface area contributed by atoms with Crippen molar-refractivity contribution in [3.8, 4) is 0 Å². The van der Waals surface area contributed by atoms with Crippen LogP contribution in [0.5, 0.6) is 0 Å². The summed E-state index contributed by atoms with van der Waals surface area (Å²) in [6.07, 6.45) is -4.53. The molecule has 198 valence electrons. The molecule has 11 heteroatoms. The second-order valence-corrected chi connectivity index (χ2v) is 8.50. The molecule has 0 bridgehead atoms. The maximum Gasteiger partial charge on any atom is 0.416 e. The van der Waals surface area contributed by atoms with E-state index in [1.54, 1.807) is 41.3 Å². The molecule has 0 atom stereocenters. The maximum atomic E-state index is 12.9. The number of carbonyl (C=O) groups excluding carboxylic acids is 3. The van der Waals surface area contributed by atoms with E-state index in [1.165, 1.54) is 24.3 Å². The predicted molar refractivity (Wildman–Crippen MR) is 136 cm³/mol. The number of hydrogen-bond donors (Lipinski definition) is 3. The largest absolute Gasteiger partial charge is 0.416 e. The third-order valence-electron chi connectivity index (χ3n) is 5.74. The summed E-state index contributed by atoms with van der Waals surface area (Å²) in [6, 6.07) is 17.2. The first-order valence-electron chi connectivity index (χ1n) is 11.8. The minimum atomic E-state index is -4.53. The monoisotopic (exact) mass is 526 g/mol. The highest BCUT2D eigenvalue weighted by molar-refractivity contribution is 6.05. The molecule has 0 aromatic heterocycles. The molecule has 3 aromatic rings. The number of anilines is 3. The summed E-state index contributed by atoms with van der Waals surface area (Å²) in [5, 5.41) is 8.07. The Kier molecular flexibility index (Phi) is 8.27. The molecule has 0 radical (unpaired) electrons. The molecule has 3 amide bonds. The summed E-state index contributed by atoms with van der Waals surface area (Å²) < 4.78 is 44.0. The quantitative estimate of drug-likeness (QED) is 0.422. The van der Waals surface area contributed by atoms with Gasteiger partial charge in [-0.1, -0.05) is 12.1 Å². The molecule has 0 spiro atoms. The first-order valence-corrected chi connectivity index (χ1v) is 11.8. The normalized spacial score (nSPS) is 13.5. The lowest BCUT2D eigenvalue weighted by molar-refractivity contribution is -0.137. The topological polar surface area (TPSA) is 99.8 Å². The molecule has 1 aliphatic heterocycles. The van der Waals surface area contributed by atoms with Crippen LogP contribution in [0.15, 0.2) is 72.8 Å². The Balaban J connectivity index is 1.30. The summed E-state index contributed by atoms with van der Waals surface area (Å²) in [4.78, 5) is 39.2. The SMILES string of the molecule is O=C(CNc1ccc(C(=O)N2CCOCC2)cc1)Nc1cccc(C(=O)Nc2cccc(C(F)(F)F)c2)c1. The molecule has 1 fully saturated rings. The average Bonchev–Trinajstić information content (AvgIpc) is 2.92. The third kappa shape index (κ3) is 7.10. The number of morpholine rings is 1. The van der Waals surface area contributed by atoms with E-state index in [0.29, 0.717) is 43.2 Å². The molecule has 3 N–H and O–H groups in total. The van der Waals surface area contributed by atoms with E-state index >= 15 is 0 Å². The van der Waals surface area contributed by atoms with Crippen LogP contribution in [-0.4, -0.2) is 55.5 Å². The lowest BCUT2D eigenvalue weighted by Crippen LogP contribution is -2.40. The molecule has 4 rings (SSSR count). The Bertz CT molecular complexity index is 1310. The zero-order valence-electron chi connectivity index (χ0n) is 20.2. The number of hydrogen-bond acceptors (Lipinski definition) is 5. The highest BCUT2D eigenvalue weighted by atomic mass is 19.4. The van der Waals surface area contributed by atoms with Crippen LogP contribution >= 0.6 is 0 Å². The zero-order chi connectivity index (χ0) is 27.1. The summed E-state index contributed by atoms with van der Waals surface area (Å²) >= 11 is 0. The van der Waals surface area contributed by atoms with E-state index in [4.69, 9.17) is 4.74 Å². The Morgan fingerprint density at radius 1 is 0.789 bits per heavy atom. The van der Waals surface area contributed by atoms with E-state index in [1.807, 2.05) is 0 Å². The van der Waals surface area contributed by atoms with Crippen molar-refractivity contribution in [3.05, 3.63) is 89.5 Å². The minimum Gasteiger partial charge on any atom is -0.378 e. The van der Waals surface area contributed by atoms with Gasteiger partial charge in [-0.2, -0.15) is 13.2 Å². The predicted octanol–water partition coefficient (Wildman–Crippen LogP) is 4.48. The zero-order valence-corrected chi connectivity index (χ0v) is 20.2. The molecule has 1 saturated heterocycles. The molecule has 0 aliphatic carbocycles. The number of amides is 3. The van der Waals surface area contributed by atoms with Crippen LogP contribution < -0.4 is 16.0 Å². The van der Waals surface area contributed by atoms with E-state index in [-0.39, 0.29) is 29.6 Å². The lowest BCUT2D eigenvalue weighted by atomic mass is 10.1. The fourth-order valence-electron chi connectivity index (χ4n) is 3.78. The second kappa shape index (κ2) is 11.8. The van der Waals surface area contributed by atoms with Gasteiger partial charge < -0.3 is 25.6 Å². The van der Waals surface area contributed by atoms with Gasteiger partial charge >= 0.3 is 6.18 Å². The van der Waals surface area contributed by atoms with Gasteiger partial charge in [0.15, 0.2) is 0 Å². The van der Waals surface area contributed by atoms with E-state index in [0.717, 1.165) is 12.1 Å². The van der Waals surface area contributed by atoms with Gasteiger partial charge in [0, 0.05) is 41.3 Å². The van der Waals surface area contributed by atoms with Gasteiger partial charge in [-0.25, -0.2) is 0 Å². The van der Waals surface area contributed by atoms with Crippen LogP contribution in [0.1, 0.15) is 26.3 Å². The fraction of sp³-hybridized carbons (Fsp3) is 0.222. The minimum absolute atomic E-state index is 0.00104. The fourth-order valence-corrected chi connectivity index (χ4v) is 3.78. The number of carbonyl (C=O) groups is 3. The van der Waals surface area contributed by atoms with Crippen molar-refractivity contribution >= 4 is 34.8 Å². The number of halogens is 3. The summed E-state index contributed by atoms with van der Waals surface area (Å²) in [5.41, 5.74) is 0.826. The van der Waals surface area contributed by atoms with E-state index < -0.39 is 17.6 Å². The van der Waals surface area contributed by atoms with Crippen LogP contribution in [0.2, 0.25) is 0 Å². The molecule has 0 saturated carbocycles. The van der Waals surface area contributed by atoms with Gasteiger partial charge in [0.05, 0.1) is 25.3 Å². The first-order chi connectivity index (χ1) is 18.2. The van der Waals surface area contributed by atoms with E-state index in [2.05, 4.69) is 16.0 Å². The second-order valence-electron chi connectivity index (χ2n) is 8.50. The summed E-state index contributed by atoms with van der Waals surface area (Å²) in [5.74, 6) is -1.08. The molecule has 8 nitrogen and oxygen atoms in total. The van der Waals surface area contributed by atoms with Crippen LogP contribution in [0.4, 0.5) is 30.2 Å². The highest BCUT2D eigenvalue weighted by Gasteiger charge is 2.30. The standard InChI is InChI=1S/C27H25F3N4O4/c28-27(29,30)20-4-2-6-23(16-20)33-25(36)19-3-1-5-22(15-19)32-24(35)17-31-21-9-7-18(8-10-21)26(37)34-11-13-38-14-12-34/h1-10,15-16,31H,11-14,17H2,(H,32,35)(H,33,36). The average molecular weight is 527 g/mol. The molecule has 38 heavy (non-hydrogen) atoms. The molecule has 3 aromatic carbocycles. The van der Waals surface area contributed by atoms with E-state index in [9.17, 15) is 27.6 Å². The first kappa shape index (κ1) is 26.7. The number of nitrogens with zero attached hydrogens (tertiary/aromatic N) is 1. The molecular weight excluding hydrogens is 501 g/mol. The number of alkyl halides is 3. The Morgan fingerprint density at radius 3 is 2.13 bits per heavy atom. The van der Waals surface area contributed by atoms with Crippen molar-refractivity contribution in [2.45, 2.75) is 6.18 Å². The van der Waals surface area contributed by atoms with Crippen LogP contribution in [0, 0.1) is 0 Å². The maximum absolute atomic E-state index is 12.9. The number of ether oxygens (including phenoxy) is 1. The van der Waals surface area contributed by atoms with Crippen molar-refractivity contribution in [1.82, 2.24) is 4.90 Å². The highest BCUT2D eigenvalue weighted by Crippen LogP contribution is 2.30. The Labute approximate surface area is 216 Å². The molecular formula is C27H25F3N4O4. The van der Waals surface area contributed by atoms with Crippen molar-refractivity contribution < 1.29 is 32.3 Å². The molecule has 1 heterocycles. The van der Waals surface area contributed by atoms with Crippen LogP contribution in [-0.2, 0) is 15.7 Å². The summed E-state index contributed by atoms with van der Waals surface area (Å²) in [6.45, 7) is 2.06. The number of rotatable bonds is 7. The van der Waals surface area contributed by atoms with Crippen molar-refractivity contribution in [3.63, 3.8) is 0 Å². The lowest BCUT2D eigenvalue weighted by Gasteiger charge is -2.26. The third-order valence-corrected chi connectivity index (χ3v) is 5.74. The van der Waals surface area contributed by atoms with Crippen molar-refractivity contribution in [2.24, 2.45) is 0 Å². The van der Waals surface area contributed by atoms with Gasteiger partial charge in [-0.05, 0) is 60.7 Å². The number of benzene rings is 3. The van der Waals surface area contributed by atoms with Crippen molar-refractivity contribution in [1.29, 1.82) is 0 Å². The van der Waals surface area contributed by atoms with Gasteiger partial charge in [0.1, 0.15) is 0 Å². The molecule has 0 unspecified atom stereocenters. The van der Waals surface area contributed by atoms with Gasteiger partial charge in [0.25, 0.3) is 11.8 Å².